The van der Waals surface area contributed by atoms with Crippen molar-refractivity contribution in [3.63, 3.8) is 0 Å². The van der Waals surface area contributed by atoms with Crippen molar-refractivity contribution in [2.75, 3.05) is 27.3 Å². The molecule has 0 saturated heterocycles. The summed E-state index contributed by atoms with van der Waals surface area (Å²) in [6.45, 7) is 4.95. The topological polar surface area (TPSA) is 78.9 Å². The third-order valence-corrected chi connectivity index (χ3v) is 2.49. The molecule has 2 amide bonds. The van der Waals surface area contributed by atoms with Gasteiger partial charge in [-0.3, -0.25) is 0 Å². The van der Waals surface area contributed by atoms with Gasteiger partial charge < -0.3 is 20.1 Å². The van der Waals surface area contributed by atoms with E-state index in [1.165, 1.54) is 4.90 Å². The molecular weight excluding hydrogens is 236 g/mol. The van der Waals surface area contributed by atoms with Crippen LogP contribution in [-0.4, -0.2) is 55.4 Å². The molecule has 6 nitrogen and oxygen atoms in total. The Bertz CT molecular complexity index is 269. The van der Waals surface area contributed by atoms with Crippen LogP contribution >= 0.6 is 0 Å². The summed E-state index contributed by atoms with van der Waals surface area (Å²) in [5, 5.41) is 11.5. The summed E-state index contributed by atoms with van der Waals surface area (Å²) in [5.74, 6) is -0.785. The number of nitrogens with one attached hydrogen (secondary N) is 1. The minimum absolute atomic E-state index is 0.213. The van der Waals surface area contributed by atoms with E-state index in [-0.39, 0.29) is 11.9 Å². The molecule has 0 aromatic rings. The maximum Gasteiger partial charge on any atom is 0.326 e. The van der Waals surface area contributed by atoms with E-state index in [2.05, 4.69) is 5.32 Å². The van der Waals surface area contributed by atoms with E-state index in [4.69, 9.17) is 9.84 Å². The Hall–Kier alpha value is -1.30. The van der Waals surface area contributed by atoms with E-state index >= 15 is 0 Å². The van der Waals surface area contributed by atoms with E-state index in [1.807, 2.05) is 13.8 Å². The van der Waals surface area contributed by atoms with E-state index in [1.54, 1.807) is 14.2 Å². The summed E-state index contributed by atoms with van der Waals surface area (Å²) in [6.07, 6.45) is 1.15. The van der Waals surface area contributed by atoms with Crippen LogP contribution in [0.3, 0.4) is 0 Å². The number of carboxylic acids is 1. The Morgan fingerprint density at radius 2 is 2.00 bits per heavy atom. The lowest BCUT2D eigenvalue weighted by atomic mass is 10.0. The second kappa shape index (κ2) is 8.74. The summed E-state index contributed by atoms with van der Waals surface area (Å²) >= 11 is 0. The van der Waals surface area contributed by atoms with Crippen LogP contribution in [-0.2, 0) is 9.53 Å². The molecule has 0 bridgehead atoms. The van der Waals surface area contributed by atoms with Crippen LogP contribution in [0.4, 0.5) is 4.79 Å². The first-order valence-electron chi connectivity index (χ1n) is 6.11. The monoisotopic (exact) mass is 260 g/mol. The van der Waals surface area contributed by atoms with E-state index in [0.29, 0.717) is 19.6 Å². The first-order chi connectivity index (χ1) is 8.38. The first-order valence-corrected chi connectivity index (χ1v) is 6.11. The van der Waals surface area contributed by atoms with Crippen molar-refractivity contribution in [2.45, 2.75) is 32.7 Å². The third-order valence-electron chi connectivity index (χ3n) is 2.49. The van der Waals surface area contributed by atoms with Crippen LogP contribution in [0.25, 0.3) is 0 Å². The van der Waals surface area contributed by atoms with Crippen molar-refractivity contribution in [2.24, 2.45) is 5.92 Å². The lowest BCUT2D eigenvalue weighted by molar-refractivity contribution is -0.139. The van der Waals surface area contributed by atoms with Crippen molar-refractivity contribution in [1.82, 2.24) is 10.2 Å². The number of rotatable bonds is 8. The Labute approximate surface area is 108 Å². The van der Waals surface area contributed by atoms with E-state index < -0.39 is 12.0 Å². The average Bonchev–Trinajstić information content (AvgIpc) is 2.27. The molecule has 106 valence electrons. The van der Waals surface area contributed by atoms with Gasteiger partial charge in [0.1, 0.15) is 6.04 Å². The van der Waals surface area contributed by atoms with E-state index in [9.17, 15) is 9.59 Å². The SMILES string of the molecule is COCCCN(C)C(=O)N[C@H](CC(C)C)C(=O)O. The van der Waals surface area contributed by atoms with Crippen molar-refractivity contribution in [3.8, 4) is 0 Å². The lowest BCUT2D eigenvalue weighted by Crippen LogP contribution is -2.47. The van der Waals surface area contributed by atoms with Crippen molar-refractivity contribution < 1.29 is 19.4 Å². The minimum atomic E-state index is -0.998. The Morgan fingerprint density at radius 1 is 1.39 bits per heavy atom. The molecule has 2 N–H and O–H groups in total. The molecule has 0 spiro atoms. The third kappa shape index (κ3) is 7.11. The minimum Gasteiger partial charge on any atom is -0.480 e. The number of nitrogens with zero attached hydrogens (tertiary/aromatic N) is 1. The molecule has 0 aliphatic rings. The number of ether oxygens (including phenoxy) is 1. The van der Waals surface area contributed by atoms with Crippen LogP contribution < -0.4 is 5.32 Å². The van der Waals surface area contributed by atoms with Crippen molar-refractivity contribution >= 4 is 12.0 Å². The molecule has 6 heteroatoms. The lowest BCUT2D eigenvalue weighted by Gasteiger charge is -2.22. The van der Waals surface area contributed by atoms with Gasteiger partial charge in [0.2, 0.25) is 0 Å². The molecule has 0 rings (SSSR count). The molecule has 0 aromatic heterocycles. The Balaban J connectivity index is 4.19. The zero-order chi connectivity index (χ0) is 14.1. The number of methoxy groups -OCH3 is 1. The summed E-state index contributed by atoms with van der Waals surface area (Å²) in [4.78, 5) is 24.2. The maximum absolute atomic E-state index is 11.7. The fraction of sp³-hybridized carbons (Fsp3) is 0.833. The van der Waals surface area contributed by atoms with Crippen LogP contribution in [0, 0.1) is 5.92 Å². The van der Waals surface area contributed by atoms with Crippen molar-refractivity contribution in [1.29, 1.82) is 0 Å². The number of amides is 2. The molecule has 1 atom stereocenters. The number of urea groups is 1. The van der Waals surface area contributed by atoms with Gasteiger partial charge in [0, 0.05) is 27.3 Å². The van der Waals surface area contributed by atoms with Gasteiger partial charge in [-0.15, -0.1) is 0 Å². The second-order valence-corrected chi connectivity index (χ2v) is 4.74. The van der Waals surface area contributed by atoms with Crippen LogP contribution in [0.1, 0.15) is 26.7 Å². The van der Waals surface area contributed by atoms with E-state index in [0.717, 1.165) is 6.42 Å². The van der Waals surface area contributed by atoms with Gasteiger partial charge in [-0.05, 0) is 18.8 Å². The Morgan fingerprint density at radius 3 is 2.44 bits per heavy atom. The number of carbonyl (C=O) groups excluding carboxylic acids is 1. The molecule has 0 unspecified atom stereocenters. The highest BCUT2D eigenvalue weighted by molar-refractivity contribution is 5.82. The average molecular weight is 260 g/mol. The molecular formula is C12H24N2O4. The number of hydrogen-bond acceptors (Lipinski definition) is 3. The molecule has 0 radical (unpaired) electrons. The van der Waals surface area contributed by atoms with Crippen molar-refractivity contribution in [3.05, 3.63) is 0 Å². The fourth-order valence-electron chi connectivity index (χ4n) is 1.50. The zero-order valence-corrected chi connectivity index (χ0v) is 11.6. The van der Waals surface area contributed by atoms with Gasteiger partial charge in [-0.25, -0.2) is 9.59 Å². The maximum atomic E-state index is 11.7. The highest BCUT2D eigenvalue weighted by atomic mass is 16.5. The summed E-state index contributed by atoms with van der Waals surface area (Å²) < 4.78 is 4.89. The van der Waals surface area contributed by atoms with Gasteiger partial charge in [0.05, 0.1) is 0 Å². The molecule has 0 heterocycles. The van der Waals surface area contributed by atoms with Crippen LogP contribution in [0.15, 0.2) is 0 Å². The number of carboxylic acid groups (broad SMARTS) is 1. The number of carbonyl (C=O) groups is 2. The van der Waals surface area contributed by atoms with Gasteiger partial charge in [-0.2, -0.15) is 0 Å². The van der Waals surface area contributed by atoms with Gasteiger partial charge in [0.15, 0.2) is 0 Å². The second-order valence-electron chi connectivity index (χ2n) is 4.74. The quantitative estimate of drug-likeness (QED) is 0.642. The normalized spacial score (nSPS) is 12.3. The largest absolute Gasteiger partial charge is 0.480 e. The summed E-state index contributed by atoms with van der Waals surface area (Å²) in [6, 6.07) is -1.19. The summed E-state index contributed by atoms with van der Waals surface area (Å²) in [7, 11) is 3.24. The zero-order valence-electron chi connectivity index (χ0n) is 11.6. The van der Waals surface area contributed by atoms with Gasteiger partial charge in [-0.1, -0.05) is 13.8 Å². The highest BCUT2D eigenvalue weighted by Crippen LogP contribution is 2.05. The Kier molecular flexibility index (Phi) is 8.11. The predicted molar refractivity (Wildman–Crippen MR) is 68.5 cm³/mol. The molecule has 0 aliphatic carbocycles. The number of hydrogen-bond donors (Lipinski definition) is 2. The molecule has 0 aliphatic heterocycles. The van der Waals surface area contributed by atoms with Crippen LogP contribution in [0.5, 0.6) is 0 Å². The standard InChI is InChI=1S/C12H24N2O4/c1-9(2)8-10(11(15)16)13-12(17)14(3)6-5-7-18-4/h9-10H,5-8H2,1-4H3,(H,13,17)(H,15,16)/t10-/m1/s1. The molecule has 18 heavy (non-hydrogen) atoms. The summed E-state index contributed by atoms with van der Waals surface area (Å²) in [5.41, 5.74) is 0. The van der Waals surface area contributed by atoms with Crippen LogP contribution in [0.2, 0.25) is 0 Å². The smallest absolute Gasteiger partial charge is 0.326 e. The highest BCUT2D eigenvalue weighted by Gasteiger charge is 2.22. The molecule has 0 fully saturated rings. The molecule has 0 saturated carbocycles. The number of aliphatic carboxylic acids is 1. The van der Waals surface area contributed by atoms with Gasteiger partial charge in [0.25, 0.3) is 0 Å². The molecule has 0 aromatic carbocycles. The fourth-order valence-corrected chi connectivity index (χ4v) is 1.50. The first kappa shape index (κ1) is 16.7. The predicted octanol–water partition coefficient (Wildman–Crippen LogP) is 1.16. The van der Waals surface area contributed by atoms with Gasteiger partial charge >= 0.3 is 12.0 Å².